The highest BCUT2D eigenvalue weighted by Gasteiger charge is 2.28. The largest absolute Gasteiger partial charge is 0.378 e. The molecule has 0 unspecified atom stereocenters. The predicted molar refractivity (Wildman–Crippen MR) is 104 cm³/mol. The summed E-state index contributed by atoms with van der Waals surface area (Å²) in [4.78, 5) is 13.3. The number of nitrogens with zero attached hydrogens (tertiary/aromatic N) is 4. The number of ether oxygens (including phenoxy) is 1. The molecule has 1 fully saturated rings. The van der Waals surface area contributed by atoms with Gasteiger partial charge in [0.25, 0.3) is 0 Å². The van der Waals surface area contributed by atoms with E-state index >= 15 is 0 Å². The highest BCUT2D eigenvalue weighted by Crippen LogP contribution is 2.39. The summed E-state index contributed by atoms with van der Waals surface area (Å²) < 4.78 is 11.3. The Hall–Kier alpha value is -2.47. The molecule has 1 N–H and O–H groups in total. The topological polar surface area (TPSA) is 107 Å². The van der Waals surface area contributed by atoms with Gasteiger partial charge >= 0.3 is 5.69 Å². The van der Waals surface area contributed by atoms with E-state index in [4.69, 9.17) is 9.37 Å². The van der Waals surface area contributed by atoms with E-state index in [1.807, 2.05) is 24.3 Å². The minimum Gasteiger partial charge on any atom is -0.378 e. The second-order valence-corrected chi connectivity index (χ2v) is 6.99. The van der Waals surface area contributed by atoms with Crippen molar-refractivity contribution < 1.29 is 14.3 Å². The maximum Gasteiger partial charge on any atom is 0.324 e. The molecule has 1 saturated heterocycles. The number of nitro groups is 1. The van der Waals surface area contributed by atoms with Crippen LogP contribution in [-0.4, -0.2) is 41.5 Å². The lowest BCUT2D eigenvalue weighted by atomic mass is 10.1. The molecule has 9 nitrogen and oxygen atoms in total. The third kappa shape index (κ3) is 3.17. The second-order valence-electron chi connectivity index (χ2n) is 5.74. The fourth-order valence-corrected chi connectivity index (χ4v) is 3.29. The van der Waals surface area contributed by atoms with Crippen LogP contribution in [0, 0.1) is 13.7 Å². The molecular formula is C16H14IN5O4. The van der Waals surface area contributed by atoms with Crippen molar-refractivity contribution in [1.29, 1.82) is 0 Å². The first kappa shape index (κ1) is 17.0. The number of hydrogen-bond donors (Lipinski definition) is 1. The van der Waals surface area contributed by atoms with Gasteiger partial charge in [-0.05, 0) is 63.2 Å². The number of rotatable bonds is 4. The van der Waals surface area contributed by atoms with Gasteiger partial charge in [0.1, 0.15) is 5.69 Å². The van der Waals surface area contributed by atoms with Crippen molar-refractivity contribution in [3.8, 4) is 0 Å². The quantitative estimate of drug-likeness (QED) is 0.354. The fourth-order valence-electron chi connectivity index (χ4n) is 2.93. The van der Waals surface area contributed by atoms with Gasteiger partial charge in [0.15, 0.2) is 5.52 Å². The summed E-state index contributed by atoms with van der Waals surface area (Å²) in [5.41, 5.74) is 2.19. The predicted octanol–water partition coefficient (Wildman–Crippen LogP) is 3.32. The first-order valence-corrected chi connectivity index (χ1v) is 9.00. The van der Waals surface area contributed by atoms with Gasteiger partial charge in [-0.3, -0.25) is 10.1 Å². The fraction of sp³-hybridized carbons (Fsp3) is 0.250. The molecule has 4 rings (SSSR count). The Morgan fingerprint density at radius 2 is 1.85 bits per heavy atom. The molecule has 3 aromatic rings. The van der Waals surface area contributed by atoms with Crippen molar-refractivity contribution in [3.05, 3.63) is 44.0 Å². The van der Waals surface area contributed by atoms with Crippen molar-refractivity contribution in [2.45, 2.75) is 0 Å². The molecule has 1 aromatic heterocycles. The molecule has 0 bridgehead atoms. The maximum absolute atomic E-state index is 11.7. The zero-order valence-electron chi connectivity index (χ0n) is 13.5. The lowest BCUT2D eigenvalue weighted by molar-refractivity contribution is -0.382. The normalized spacial score (nSPS) is 14.6. The molecule has 26 heavy (non-hydrogen) atoms. The lowest BCUT2D eigenvalue weighted by Gasteiger charge is -2.29. The van der Waals surface area contributed by atoms with Crippen LogP contribution in [0.2, 0.25) is 0 Å². The van der Waals surface area contributed by atoms with Crippen molar-refractivity contribution in [2.24, 2.45) is 0 Å². The van der Waals surface area contributed by atoms with Gasteiger partial charge in [0.05, 0.1) is 23.8 Å². The highest BCUT2D eigenvalue weighted by atomic mass is 127. The van der Waals surface area contributed by atoms with Gasteiger partial charge in [0.2, 0.25) is 5.52 Å². The third-order valence-electron chi connectivity index (χ3n) is 4.15. The van der Waals surface area contributed by atoms with Crippen LogP contribution in [0.1, 0.15) is 0 Å². The number of nitrogens with one attached hydrogen (secondary N) is 1. The average molecular weight is 467 g/mol. The number of morpholine rings is 1. The standard InChI is InChI=1S/C16H14IN5O4/c17-10-1-3-11(4-2-10)18-12-9-13(21-5-7-25-8-6-21)14-15(20-26-19-14)16(12)22(23)24/h1-4,9,18H,5-8H2. The van der Waals surface area contributed by atoms with Gasteiger partial charge in [-0.15, -0.1) is 0 Å². The van der Waals surface area contributed by atoms with Crippen LogP contribution in [0.3, 0.4) is 0 Å². The van der Waals surface area contributed by atoms with Gasteiger partial charge < -0.3 is 15.0 Å². The highest BCUT2D eigenvalue weighted by molar-refractivity contribution is 14.1. The molecule has 2 heterocycles. The van der Waals surface area contributed by atoms with E-state index in [1.165, 1.54) is 0 Å². The maximum atomic E-state index is 11.7. The van der Waals surface area contributed by atoms with E-state index in [1.54, 1.807) is 6.07 Å². The van der Waals surface area contributed by atoms with Crippen LogP contribution in [0.15, 0.2) is 35.0 Å². The third-order valence-corrected chi connectivity index (χ3v) is 4.87. The summed E-state index contributed by atoms with van der Waals surface area (Å²) >= 11 is 2.20. The number of hydrogen-bond acceptors (Lipinski definition) is 8. The minimum absolute atomic E-state index is 0.131. The van der Waals surface area contributed by atoms with Crippen molar-refractivity contribution in [1.82, 2.24) is 10.3 Å². The van der Waals surface area contributed by atoms with Crippen molar-refractivity contribution >= 4 is 56.4 Å². The van der Waals surface area contributed by atoms with Crippen LogP contribution >= 0.6 is 22.6 Å². The average Bonchev–Trinajstić information content (AvgIpc) is 3.12. The Kier molecular flexibility index (Phi) is 4.59. The minimum atomic E-state index is -0.468. The van der Waals surface area contributed by atoms with E-state index in [0.717, 1.165) is 14.9 Å². The van der Waals surface area contributed by atoms with Crippen LogP contribution in [0.25, 0.3) is 11.0 Å². The Bertz CT molecular complexity index is 953. The summed E-state index contributed by atoms with van der Waals surface area (Å²) in [6.45, 7) is 2.51. The van der Waals surface area contributed by atoms with E-state index < -0.39 is 4.92 Å². The number of nitro benzene ring substituents is 1. The molecule has 134 valence electrons. The summed E-state index contributed by atoms with van der Waals surface area (Å²) in [7, 11) is 0. The molecule has 0 aliphatic carbocycles. The summed E-state index contributed by atoms with van der Waals surface area (Å²) in [6, 6.07) is 9.31. The van der Waals surface area contributed by atoms with Gasteiger partial charge in [-0.25, -0.2) is 4.63 Å². The van der Waals surface area contributed by atoms with E-state index in [2.05, 4.69) is 43.1 Å². The Labute approximate surface area is 161 Å². The number of anilines is 3. The molecule has 2 aromatic carbocycles. The Morgan fingerprint density at radius 3 is 2.54 bits per heavy atom. The molecule has 1 aliphatic rings. The number of benzene rings is 2. The Morgan fingerprint density at radius 1 is 1.15 bits per heavy atom. The summed E-state index contributed by atoms with van der Waals surface area (Å²) in [6.07, 6.45) is 0. The molecule has 0 amide bonds. The molecule has 0 spiro atoms. The summed E-state index contributed by atoms with van der Waals surface area (Å²) in [5.74, 6) is 0. The SMILES string of the molecule is O=[N+]([O-])c1c(Nc2ccc(I)cc2)cc(N2CCOCC2)c2nonc12. The number of aromatic nitrogens is 2. The zero-order valence-corrected chi connectivity index (χ0v) is 15.7. The molecular weight excluding hydrogens is 453 g/mol. The number of fused-ring (bicyclic) bond motifs is 1. The van der Waals surface area contributed by atoms with Crippen LogP contribution in [0.5, 0.6) is 0 Å². The van der Waals surface area contributed by atoms with Gasteiger partial charge in [-0.1, -0.05) is 0 Å². The van der Waals surface area contributed by atoms with Crippen LogP contribution in [-0.2, 0) is 4.74 Å². The summed E-state index contributed by atoms with van der Waals surface area (Å²) in [5, 5.41) is 22.5. The van der Waals surface area contributed by atoms with E-state index in [-0.39, 0.29) is 11.2 Å². The van der Waals surface area contributed by atoms with Crippen molar-refractivity contribution in [3.63, 3.8) is 0 Å². The molecule has 0 radical (unpaired) electrons. The van der Waals surface area contributed by atoms with Crippen LogP contribution < -0.4 is 10.2 Å². The second kappa shape index (κ2) is 7.03. The van der Waals surface area contributed by atoms with Gasteiger partial charge in [-0.2, -0.15) is 0 Å². The molecule has 0 atom stereocenters. The molecule has 10 heteroatoms. The van der Waals surface area contributed by atoms with Gasteiger partial charge in [0, 0.05) is 22.3 Å². The zero-order chi connectivity index (χ0) is 18.1. The lowest BCUT2D eigenvalue weighted by Crippen LogP contribution is -2.36. The van der Waals surface area contributed by atoms with E-state index in [9.17, 15) is 10.1 Å². The smallest absolute Gasteiger partial charge is 0.324 e. The molecule has 1 aliphatic heterocycles. The van der Waals surface area contributed by atoms with Crippen LogP contribution in [0.4, 0.5) is 22.7 Å². The van der Waals surface area contributed by atoms with E-state index in [0.29, 0.717) is 37.5 Å². The first-order valence-electron chi connectivity index (χ1n) is 7.92. The van der Waals surface area contributed by atoms with Crippen molar-refractivity contribution in [2.75, 3.05) is 36.5 Å². The first-order chi connectivity index (χ1) is 12.6. The monoisotopic (exact) mass is 467 g/mol. The Balaban J connectivity index is 1.84. The molecule has 0 saturated carbocycles. The number of halogens is 1.